The van der Waals surface area contributed by atoms with E-state index in [0.717, 1.165) is 18.0 Å². The highest BCUT2D eigenvalue weighted by Crippen LogP contribution is 2.40. The third-order valence-electron chi connectivity index (χ3n) is 6.18. The van der Waals surface area contributed by atoms with E-state index >= 15 is 0 Å². The van der Waals surface area contributed by atoms with Crippen molar-refractivity contribution < 1.29 is 0 Å². The molecule has 2 unspecified atom stereocenters. The Hall–Kier alpha value is -3.60. The van der Waals surface area contributed by atoms with E-state index in [0.29, 0.717) is 0 Å². The van der Waals surface area contributed by atoms with Crippen molar-refractivity contribution in [1.82, 2.24) is 4.98 Å². The smallest absolute Gasteiger partial charge is 0.149 e. The summed E-state index contributed by atoms with van der Waals surface area (Å²) in [5, 5.41) is 7.16. The molecule has 5 heteroatoms. The van der Waals surface area contributed by atoms with Gasteiger partial charge in [0, 0.05) is 51.7 Å². The van der Waals surface area contributed by atoms with Crippen molar-refractivity contribution in [3.8, 4) is 0 Å². The Labute approximate surface area is 197 Å². The lowest BCUT2D eigenvalue weighted by atomic mass is 9.87. The number of pyridine rings is 1. The van der Waals surface area contributed by atoms with E-state index in [1.165, 1.54) is 22.5 Å². The van der Waals surface area contributed by atoms with Gasteiger partial charge in [-0.25, -0.2) is 9.99 Å². The Morgan fingerprint density at radius 3 is 2.00 bits per heavy atom. The van der Waals surface area contributed by atoms with E-state index in [1.54, 1.807) is 0 Å². The number of nitrogens with zero attached hydrogens (tertiary/aromatic N) is 5. The molecule has 0 amide bonds. The van der Waals surface area contributed by atoms with Crippen LogP contribution in [-0.2, 0) is 0 Å². The summed E-state index contributed by atoms with van der Waals surface area (Å²) in [4.78, 5) is 8.84. The van der Waals surface area contributed by atoms with E-state index in [1.807, 2.05) is 24.4 Å². The maximum absolute atomic E-state index is 5.07. The van der Waals surface area contributed by atoms with Gasteiger partial charge in [0.15, 0.2) is 0 Å². The molecule has 0 bridgehead atoms. The predicted octanol–water partition coefficient (Wildman–Crippen LogP) is 5.87. The molecule has 0 fully saturated rings. The average Bonchev–Trinajstić information content (AvgIpc) is 3.22. The first kappa shape index (κ1) is 22.6. The Bertz CT molecular complexity index is 1100. The average molecular weight is 440 g/mol. The van der Waals surface area contributed by atoms with E-state index < -0.39 is 0 Å². The summed E-state index contributed by atoms with van der Waals surface area (Å²) in [7, 11) is 8.25. The normalized spacial score (nSPS) is 18.0. The van der Waals surface area contributed by atoms with Crippen LogP contribution >= 0.6 is 0 Å². The maximum atomic E-state index is 5.07. The number of aromatic nitrogens is 1. The van der Waals surface area contributed by atoms with Gasteiger partial charge in [-0.3, -0.25) is 0 Å². The Morgan fingerprint density at radius 1 is 0.818 bits per heavy atom. The van der Waals surface area contributed by atoms with E-state index in [9.17, 15) is 0 Å². The van der Waals surface area contributed by atoms with Crippen LogP contribution in [0.5, 0.6) is 0 Å². The summed E-state index contributed by atoms with van der Waals surface area (Å²) in [5.41, 5.74) is 5.89. The fraction of sp³-hybridized carbons (Fsp3) is 0.286. The third-order valence-corrected chi connectivity index (χ3v) is 6.18. The van der Waals surface area contributed by atoms with E-state index in [2.05, 4.69) is 116 Å². The Morgan fingerprint density at radius 2 is 1.45 bits per heavy atom. The van der Waals surface area contributed by atoms with Gasteiger partial charge in [0.2, 0.25) is 0 Å². The summed E-state index contributed by atoms with van der Waals surface area (Å²) in [5.74, 6) is 1.14. The largest absolute Gasteiger partial charge is 0.378 e. The van der Waals surface area contributed by atoms with Crippen molar-refractivity contribution in [2.24, 2.45) is 11.0 Å². The summed E-state index contributed by atoms with van der Waals surface area (Å²) in [6.07, 6.45) is 7.16. The van der Waals surface area contributed by atoms with Gasteiger partial charge in [0.05, 0.1) is 11.8 Å². The zero-order chi connectivity index (χ0) is 23.4. The fourth-order valence-corrected chi connectivity index (χ4v) is 4.27. The number of allylic oxidation sites excluding steroid dienone is 1. The highest BCUT2D eigenvalue weighted by atomic mass is 15.5. The molecule has 1 aliphatic heterocycles. The lowest BCUT2D eigenvalue weighted by molar-refractivity contribution is 0.534. The molecule has 33 heavy (non-hydrogen) atoms. The Balaban J connectivity index is 1.68. The summed E-state index contributed by atoms with van der Waals surface area (Å²) in [6, 6.07) is 23.5. The van der Waals surface area contributed by atoms with Crippen molar-refractivity contribution in [1.29, 1.82) is 0 Å². The van der Waals surface area contributed by atoms with Gasteiger partial charge < -0.3 is 9.80 Å². The second kappa shape index (κ2) is 9.90. The van der Waals surface area contributed by atoms with Crippen LogP contribution in [0, 0.1) is 5.92 Å². The summed E-state index contributed by atoms with van der Waals surface area (Å²) < 4.78 is 0. The third kappa shape index (κ3) is 4.92. The number of benzene rings is 2. The molecule has 0 saturated heterocycles. The van der Waals surface area contributed by atoms with Crippen LogP contribution in [0.25, 0.3) is 6.08 Å². The first-order chi connectivity index (χ1) is 16.0. The van der Waals surface area contributed by atoms with Crippen molar-refractivity contribution >= 4 is 29.0 Å². The fourth-order valence-electron chi connectivity index (χ4n) is 4.27. The first-order valence-electron chi connectivity index (χ1n) is 11.5. The number of hydrogen-bond donors (Lipinski definition) is 0. The minimum atomic E-state index is 0.108. The molecule has 5 nitrogen and oxygen atoms in total. The minimum absolute atomic E-state index is 0.108. The monoisotopic (exact) mass is 439 g/mol. The van der Waals surface area contributed by atoms with Gasteiger partial charge in [0.1, 0.15) is 5.82 Å². The van der Waals surface area contributed by atoms with Crippen LogP contribution in [0.2, 0.25) is 0 Å². The molecule has 170 valence electrons. The molecule has 0 saturated carbocycles. The molecule has 4 rings (SSSR count). The summed E-state index contributed by atoms with van der Waals surface area (Å²) in [6.45, 7) is 2.24. The topological polar surface area (TPSA) is 35.0 Å². The van der Waals surface area contributed by atoms with Crippen LogP contribution in [0.4, 0.5) is 17.2 Å². The van der Waals surface area contributed by atoms with Crippen LogP contribution in [0.15, 0.2) is 84.1 Å². The van der Waals surface area contributed by atoms with Gasteiger partial charge in [-0.1, -0.05) is 43.3 Å². The second-order valence-corrected chi connectivity index (χ2v) is 8.82. The van der Waals surface area contributed by atoms with E-state index in [-0.39, 0.29) is 12.0 Å². The van der Waals surface area contributed by atoms with Crippen LogP contribution in [0.3, 0.4) is 0 Å². The summed E-state index contributed by atoms with van der Waals surface area (Å²) >= 11 is 0. The highest BCUT2D eigenvalue weighted by molar-refractivity contribution is 6.02. The molecule has 2 atom stereocenters. The van der Waals surface area contributed by atoms with Gasteiger partial charge in [0.25, 0.3) is 0 Å². The minimum Gasteiger partial charge on any atom is -0.378 e. The zero-order valence-corrected chi connectivity index (χ0v) is 20.2. The van der Waals surface area contributed by atoms with Gasteiger partial charge in [-0.05, 0) is 60.0 Å². The van der Waals surface area contributed by atoms with Gasteiger partial charge in [-0.2, -0.15) is 5.10 Å². The Kier molecular flexibility index (Phi) is 6.78. The lowest BCUT2D eigenvalue weighted by Crippen LogP contribution is -2.25. The first-order valence-corrected chi connectivity index (χ1v) is 11.5. The molecule has 0 radical (unpaired) electrons. The molecule has 1 aromatic heterocycles. The predicted molar refractivity (Wildman–Crippen MR) is 141 cm³/mol. The molecule has 0 aliphatic carbocycles. The van der Waals surface area contributed by atoms with E-state index in [4.69, 9.17) is 5.10 Å². The number of hydrogen-bond acceptors (Lipinski definition) is 5. The van der Waals surface area contributed by atoms with Gasteiger partial charge >= 0.3 is 0 Å². The number of rotatable bonds is 7. The maximum Gasteiger partial charge on any atom is 0.149 e. The van der Waals surface area contributed by atoms with Crippen molar-refractivity contribution in [3.63, 3.8) is 0 Å². The standard InChI is InChI=1S/C28H33N5/c1-6-25-26(19-12-21-10-15-23(16-11-21)31(2)3)30-33(27-9-7-8-20-29-27)28(25)22-13-17-24(18-14-22)32(4)5/h7-20,25,28H,6H2,1-5H3. The van der Waals surface area contributed by atoms with Crippen molar-refractivity contribution in [2.75, 3.05) is 43.0 Å². The molecule has 2 aromatic carbocycles. The molecular formula is C28H33N5. The van der Waals surface area contributed by atoms with Crippen molar-refractivity contribution in [3.05, 3.63) is 90.1 Å². The van der Waals surface area contributed by atoms with Crippen molar-refractivity contribution in [2.45, 2.75) is 19.4 Å². The molecule has 0 spiro atoms. The lowest BCUT2D eigenvalue weighted by Gasteiger charge is -2.27. The molecule has 2 heterocycles. The second-order valence-electron chi connectivity index (χ2n) is 8.82. The number of hydrazone groups is 1. The van der Waals surface area contributed by atoms with Crippen LogP contribution < -0.4 is 14.8 Å². The molecule has 1 aliphatic rings. The SMILES string of the molecule is CCC1C(C=Cc2ccc(N(C)C)cc2)=NN(c2ccccn2)C1c1ccc(N(C)C)cc1. The van der Waals surface area contributed by atoms with Crippen LogP contribution in [0.1, 0.15) is 30.5 Å². The van der Waals surface area contributed by atoms with Gasteiger partial charge in [-0.15, -0.1) is 0 Å². The molecule has 0 N–H and O–H groups in total. The quantitative estimate of drug-likeness (QED) is 0.461. The number of anilines is 3. The van der Waals surface area contributed by atoms with Crippen LogP contribution in [-0.4, -0.2) is 38.9 Å². The molecular weight excluding hydrogens is 406 g/mol. The molecule has 3 aromatic rings. The zero-order valence-electron chi connectivity index (χ0n) is 20.2. The highest BCUT2D eigenvalue weighted by Gasteiger charge is 2.37.